The molecule has 6 nitrogen and oxygen atoms in total. The van der Waals surface area contributed by atoms with Crippen LogP contribution in [0.25, 0.3) is 0 Å². The second-order valence-corrected chi connectivity index (χ2v) is 9.00. The molecule has 0 radical (unpaired) electrons. The van der Waals surface area contributed by atoms with Gasteiger partial charge in [-0.2, -0.15) is 8.42 Å². The van der Waals surface area contributed by atoms with Crippen LogP contribution >= 0.6 is 11.6 Å². The molecule has 3 N–H and O–H groups in total. The normalized spacial score (nSPS) is 12.4. The maximum Gasteiger partial charge on any atom is 0.294 e. The SMILES string of the molecule is Cc1ccc(S(=O)(=O)O)cc1.NCCc1cc(F)c(Cl)cc1Oc1ccc2c(c1)CCO2. The molecule has 0 aromatic heterocycles. The smallest absolute Gasteiger partial charge is 0.294 e. The highest BCUT2D eigenvalue weighted by Gasteiger charge is 2.15. The van der Waals surface area contributed by atoms with E-state index in [9.17, 15) is 12.8 Å². The number of hydrogen-bond acceptors (Lipinski definition) is 5. The van der Waals surface area contributed by atoms with Crippen molar-refractivity contribution in [1.29, 1.82) is 0 Å². The molecular formula is C23H23ClFNO5S. The molecule has 0 bridgehead atoms. The molecule has 0 saturated heterocycles. The summed E-state index contributed by atoms with van der Waals surface area (Å²) in [7, 11) is -4.02. The standard InChI is InChI=1S/C16H15ClFNO2.C7H8O3S/c17-13-9-16(10(3-5-19)8-14(13)18)21-12-1-2-15-11(7-12)4-6-20-15;1-6-2-4-7(5-3-6)11(8,9)10/h1-2,7-9H,3-6,19H2;2-5H,1H3,(H,8,9,10). The van der Waals surface area contributed by atoms with E-state index in [0.717, 1.165) is 23.3 Å². The quantitative estimate of drug-likeness (QED) is 0.502. The summed E-state index contributed by atoms with van der Waals surface area (Å²) in [6.07, 6.45) is 1.39. The third-order valence-electron chi connectivity index (χ3n) is 4.72. The van der Waals surface area contributed by atoms with Crippen LogP contribution in [0.2, 0.25) is 5.02 Å². The molecular weight excluding hydrogens is 457 g/mol. The summed E-state index contributed by atoms with van der Waals surface area (Å²) in [5.74, 6) is 1.64. The highest BCUT2D eigenvalue weighted by atomic mass is 35.5. The van der Waals surface area contributed by atoms with Crippen molar-refractivity contribution < 1.29 is 26.8 Å². The summed E-state index contributed by atoms with van der Waals surface area (Å²) in [5.41, 5.74) is 8.33. The molecule has 0 aliphatic carbocycles. The van der Waals surface area contributed by atoms with E-state index in [2.05, 4.69) is 0 Å². The van der Waals surface area contributed by atoms with Crippen molar-refractivity contribution >= 4 is 21.7 Å². The Morgan fingerprint density at radius 1 is 1.16 bits per heavy atom. The summed E-state index contributed by atoms with van der Waals surface area (Å²) in [6, 6.07) is 14.5. The minimum absolute atomic E-state index is 0.0373. The van der Waals surface area contributed by atoms with Gasteiger partial charge in [0, 0.05) is 18.1 Å². The predicted octanol–water partition coefficient (Wildman–Crippen LogP) is 4.95. The maximum atomic E-state index is 13.6. The number of benzene rings is 3. The van der Waals surface area contributed by atoms with Crippen LogP contribution in [-0.2, 0) is 23.0 Å². The fourth-order valence-electron chi connectivity index (χ4n) is 3.08. The van der Waals surface area contributed by atoms with Crippen molar-refractivity contribution in [2.75, 3.05) is 13.2 Å². The lowest BCUT2D eigenvalue weighted by atomic mass is 10.1. The van der Waals surface area contributed by atoms with Gasteiger partial charge in [0.1, 0.15) is 23.1 Å². The van der Waals surface area contributed by atoms with E-state index in [-0.39, 0.29) is 9.92 Å². The first-order chi connectivity index (χ1) is 15.2. The summed E-state index contributed by atoms with van der Waals surface area (Å²) >= 11 is 5.84. The summed E-state index contributed by atoms with van der Waals surface area (Å²) in [4.78, 5) is -0.0666. The Bertz CT molecular complexity index is 1200. The Morgan fingerprint density at radius 2 is 1.88 bits per heavy atom. The van der Waals surface area contributed by atoms with Crippen LogP contribution in [0, 0.1) is 12.7 Å². The van der Waals surface area contributed by atoms with Gasteiger partial charge in [0.05, 0.1) is 16.5 Å². The number of ether oxygens (including phenoxy) is 2. The van der Waals surface area contributed by atoms with E-state index >= 15 is 0 Å². The van der Waals surface area contributed by atoms with Crippen LogP contribution in [0.5, 0.6) is 17.2 Å². The molecule has 9 heteroatoms. The van der Waals surface area contributed by atoms with E-state index in [4.69, 9.17) is 31.4 Å². The van der Waals surface area contributed by atoms with Crippen LogP contribution < -0.4 is 15.2 Å². The Balaban J connectivity index is 0.000000222. The third-order valence-corrected chi connectivity index (χ3v) is 5.88. The van der Waals surface area contributed by atoms with Crippen LogP contribution in [0.15, 0.2) is 59.5 Å². The fourth-order valence-corrected chi connectivity index (χ4v) is 3.71. The van der Waals surface area contributed by atoms with Gasteiger partial charge in [0.15, 0.2) is 0 Å². The first-order valence-corrected chi connectivity index (χ1v) is 11.6. The van der Waals surface area contributed by atoms with Gasteiger partial charge in [-0.25, -0.2) is 4.39 Å². The molecule has 170 valence electrons. The van der Waals surface area contributed by atoms with E-state index in [0.29, 0.717) is 36.6 Å². The molecule has 32 heavy (non-hydrogen) atoms. The van der Waals surface area contributed by atoms with Crippen LogP contribution in [0.1, 0.15) is 16.7 Å². The predicted molar refractivity (Wildman–Crippen MR) is 121 cm³/mol. The molecule has 1 heterocycles. The molecule has 1 aliphatic heterocycles. The lowest BCUT2D eigenvalue weighted by molar-refractivity contribution is 0.356. The molecule has 3 aromatic rings. The monoisotopic (exact) mass is 479 g/mol. The van der Waals surface area contributed by atoms with Gasteiger partial charge in [-0.3, -0.25) is 4.55 Å². The third kappa shape index (κ3) is 6.20. The van der Waals surface area contributed by atoms with Crippen LogP contribution in [0.4, 0.5) is 4.39 Å². The van der Waals surface area contributed by atoms with Crippen LogP contribution in [-0.4, -0.2) is 26.1 Å². The van der Waals surface area contributed by atoms with E-state index in [1.807, 2.05) is 25.1 Å². The molecule has 0 unspecified atom stereocenters. The van der Waals surface area contributed by atoms with Gasteiger partial charge in [-0.05, 0) is 61.9 Å². The summed E-state index contributed by atoms with van der Waals surface area (Å²) in [6.45, 7) is 2.95. The number of rotatable bonds is 5. The summed E-state index contributed by atoms with van der Waals surface area (Å²) in [5, 5.41) is 0.0373. The lowest BCUT2D eigenvalue weighted by Gasteiger charge is -2.12. The van der Waals surface area contributed by atoms with Crippen molar-refractivity contribution in [2.24, 2.45) is 5.73 Å². The van der Waals surface area contributed by atoms with Crippen molar-refractivity contribution in [1.82, 2.24) is 0 Å². The van der Waals surface area contributed by atoms with Gasteiger partial charge in [0.25, 0.3) is 10.1 Å². The van der Waals surface area contributed by atoms with Crippen molar-refractivity contribution in [2.45, 2.75) is 24.7 Å². The fraction of sp³-hybridized carbons (Fsp3) is 0.217. The molecule has 1 aliphatic rings. The second kappa shape index (κ2) is 10.3. The number of fused-ring (bicyclic) bond motifs is 1. The minimum atomic E-state index is -4.02. The zero-order valence-electron chi connectivity index (χ0n) is 17.3. The lowest BCUT2D eigenvalue weighted by Crippen LogP contribution is -2.04. The molecule has 0 spiro atoms. The molecule has 0 amide bonds. The zero-order chi connectivity index (χ0) is 23.3. The van der Waals surface area contributed by atoms with Crippen molar-refractivity contribution in [3.63, 3.8) is 0 Å². The first-order valence-electron chi connectivity index (χ1n) is 9.83. The largest absolute Gasteiger partial charge is 0.493 e. The molecule has 0 atom stereocenters. The highest BCUT2D eigenvalue weighted by molar-refractivity contribution is 7.85. The van der Waals surface area contributed by atoms with Gasteiger partial charge in [0.2, 0.25) is 0 Å². The van der Waals surface area contributed by atoms with Gasteiger partial charge < -0.3 is 15.2 Å². The van der Waals surface area contributed by atoms with Crippen molar-refractivity contribution in [3.05, 3.63) is 82.1 Å². The Hall–Kier alpha value is -2.65. The molecule has 3 aromatic carbocycles. The second-order valence-electron chi connectivity index (χ2n) is 7.17. The molecule has 4 rings (SSSR count). The number of hydrogen-bond donors (Lipinski definition) is 2. The molecule has 0 saturated carbocycles. The van der Waals surface area contributed by atoms with Gasteiger partial charge in [-0.15, -0.1) is 0 Å². The Labute approximate surface area is 191 Å². The average molecular weight is 480 g/mol. The minimum Gasteiger partial charge on any atom is -0.493 e. The van der Waals surface area contributed by atoms with E-state index < -0.39 is 15.9 Å². The first kappa shape index (κ1) is 24.0. The average Bonchev–Trinajstić information content (AvgIpc) is 3.20. The number of aryl methyl sites for hydroxylation is 1. The highest BCUT2D eigenvalue weighted by Crippen LogP contribution is 2.34. The topological polar surface area (TPSA) is 98.9 Å². The van der Waals surface area contributed by atoms with E-state index in [1.54, 1.807) is 12.1 Å². The number of nitrogens with two attached hydrogens (primary N) is 1. The van der Waals surface area contributed by atoms with E-state index in [1.165, 1.54) is 24.3 Å². The Kier molecular flexibility index (Phi) is 7.73. The van der Waals surface area contributed by atoms with Gasteiger partial charge >= 0.3 is 0 Å². The maximum absolute atomic E-state index is 13.6. The number of halogens is 2. The molecule has 0 fully saturated rings. The van der Waals surface area contributed by atoms with Crippen molar-refractivity contribution in [3.8, 4) is 17.2 Å². The summed E-state index contributed by atoms with van der Waals surface area (Å²) < 4.78 is 54.4. The van der Waals surface area contributed by atoms with Crippen LogP contribution in [0.3, 0.4) is 0 Å². The van der Waals surface area contributed by atoms with Gasteiger partial charge in [-0.1, -0.05) is 29.3 Å². The Morgan fingerprint density at radius 3 is 2.53 bits per heavy atom. The zero-order valence-corrected chi connectivity index (χ0v) is 18.9.